The molecule has 0 fully saturated rings. The fourth-order valence-corrected chi connectivity index (χ4v) is 0.874. The highest BCUT2D eigenvalue weighted by Gasteiger charge is 2.12. The van der Waals surface area contributed by atoms with Crippen LogP contribution in [0.5, 0.6) is 0 Å². The zero-order valence-corrected chi connectivity index (χ0v) is 6.44. The first-order chi connectivity index (χ1) is 5.13. The molecule has 0 bridgehead atoms. The van der Waals surface area contributed by atoms with Gasteiger partial charge in [0.15, 0.2) is 0 Å². The summed E-state index contributed by atoms with van der Waals surface area (Å²) in [5, 5.41) is 23.8. The van der Waals surface area contributed by atoms with E-state index in [9.17, 15) is 0 Å². The number of nitrogens with one attached hydrogen (secondary N) is 1. The average Bonchev–Trinajstić information content (AvgIpc) is 2.32. The molecule has 5 heteroatoms. The molecule has 0 aliphatic rings. The van der Waals surface area contributed by atoms with Gasteiger partial charge in [-0.25, -0.2) is 0 Å². The van der Waals surface area contributed by atoms with E-state index in [4.69, 9.17) is 10.4 Å². The van der Waals surface area contributed by atoms with E-state index in [1.54, 1.807) is 0 Å². The summed E-state index contributed by atoms with van der Waals surface area (Å²) in [5.41, 5.74) is 0.995. The first-order valence-corrected chi connectivity index (χ1v) is 3.34. The van der Waals surface area contributed by atoms with E-state index in [-0.39, 0.29) is 11.1 Å². The van der Waals surface area contributed by atoms with Crippen LogP contribution in [0.25, 0.3) is 0 Å². The fourth-order valence-electron chi connectivity index (χ4n) is 0.874. The largest absolute Gasteiger partial charge is 0.280 e. The fraction of sp³-hybridized carbons (Fsp3) is 0.500. The van der Waals surface area contributed by atoms with E-state index >= 15 is 0 Å². The van der Waals surface area contributed by atoms with Gasteiger partial charge in [0.2, 0.25) is 0 Å². The lowest BCUT2D eigenvalue weighted by molar-refractivity contribution is 0.0286. The smallest absolute Gasteiger partial charge is 0.135 e. The van der Waals surface area contributed by atoms with E-state index in [1.807, 2.05) is 13.8 Å². The van der Waals surface area contributed by atoms with E-state index in [0.717, 1.165) is 0 Å². The van der Waals surface area contributed by atoms with Gasteiger partial charge in [0.25, 0.3) is 0 Å². The van der Waals surface area contributed by atoms with Gasteiger partial charge >= 0.3 is 0 Å². The van der Waals surface area contributed by atoms with Crippen LogP contribution in [0, 0.1) is 0 Å². The van der Waals surface area contributed by atoms with E-state index in [1.165, 1.54) is 6.20 Å². The lowest BCUT2D eigenvalue weighted by Crippen LogP contribution is -2.12. The molecule has 1 rings (SSSR count). The van der Waals surface area contributed by atoms with Gasteiger partial charge in [0, 0.05) is 0 Å². The van der Waals surface area contributed by atoms with Crippen LogP contribution in [-0.2, 0) is 0 Å². The van der Waals surface area contributed by atoms with Crippen LogP contribution in [0.3, 0.4) is 0 Å². The topological polar surface area (TPSA) is 72.4 Å². The summed E-state index contributed by atoms with van der Waals surface area (Å²) in [5.74, 6) is 0.189. The van der Waals surface area contributed by atoms with Crippen molar-refractivity contribution >= 4 is 5.69 Å². The normalized spacial score (nSPS) is 10.6. The molecule has 0 amide bonds. The number of hydrogen-bond acceptors (Lipinski definition) is 4. The Hall–Kier alpha value is -1.07. The summed E-state index contributed by atoms with van der Waals surface area (Å²) in [7, 11) is 0. The van der Waals surface area contributed by atoms with Gasteiger partial charge in [-0.05, 0) is 5.92 Å². The van der Waals surface area contributed by atoms with Crippen molar-refractivity contribution in [2.75, 3.05) is 5.23 Å². The number of anilines is 1. The second kappa shape index (κ2) is 2.89. The van der Waals surface area contributed by atoms with E-state index in [0.29, 0.717) is 11.4 Å². The summed E-state index contributed by atoms with van der Waals surface area (Å²) in [6.07, 6.45) is 1.36. The Morgan fingerprint density at radius 1 is 1.55 bits per heavy atom. The summed E-state index contributed by atoms with van der Waals surface area (Å²) in [4.78, 5) is 0. The van der Waals surface area contributed by atoms with Gasteiger partial charge in [0.1, 0.15) is 5.69 Å². The molecule has 0 aromatic carbocycles. The molecule has 0 saturated carbocycles. The monoisotopic (exact) mass is 157 g/mol. The Kier molecular flexibility index (Phi) is 2.11. The van der Waals surface area contributed by atoms with Crippen molar-refractivity contribution in [1.29, 1.82) is 0 Å². The SMILES string of the molecule is CC(C)c1[nH]ncc1N(O)O. The highest BCUT2D eigenvalue weighted by molar-refractivity contribution is 5.45. The van der Waals surface area contributed by atoms with Crippen LogP contribution in [0.15, 0.2) is 6.20 Å². The predicted molar refractivity (Wildman–Crippen MR) is 38.7 cm³/mol. The molecule has 0 radical (unpaired) electrons. The Morgan fingerprint density at radius 3 is 2.55 bits per heavy atom. The lowest BCUT2D eigenvalue weighted by Gasteiger charge is -2.09. The molecule has 1 heterocycles. The molecule has 0 unspecified atom stereocenters. The third-order valence-corrected chi connectivity index (χ3v) is 1.44. The quantitative estimate of drug-likeness (QED) is 0.562. The maximum absolute atomic E-state index is 8.67. The van der Waals surface area contributed by atoms with Crippen molar-refractivity contribution < 1.29 is 10.4 Å². The molecule has 3 N–H and O–H groups in total. The van der Waals surface area contributed by atoms with Crippen molar-refractivity contribution in [1.82, 2.24) is 10.2 Å². The molecule has 5 nitrogen and oxygen atoms in total. The molecule has 0 atom stereocenters. The first-order valence-electron chi connectivity index (χ1n) is 3.34. The van der Waals surface area contributed by atoms with Crippen LogP contribution in [-0.4, -0.2) is 20.6 Å². The highest BCUT2D eigenvalue weighted by atomic mass is 16.8. The van der Waals surface area contributed by atoms with Crippen LogP contribution in [0.4, 0.5) is 5.69 Å². The Balaban J connectivity index is 2.96. The first kappa shape index (κ1) is 8.03. The summed E-state index contributed by atoms with van der Waals surface area (Å²) in [6, 6.07) is 0. The maximum Gasteiger partial charge on any atom is 0.135 e. The number of aromatic amines is 1. The van der Waals surface area contributed by atoms with Crippen molar-refractivity contribution in [3.63, 3.8) is 0 Å². The van der Waals surface area contributed by atoms with Crippen molar-refractivity contribution in [2.24, 2.45) is 0 Å². The number of hydrogen-bond donors (Lipinski definition) is 3. The predicted octanol–water partition coefficient (Wildman–Crippen LogP) is 1.12. The summed E-state index contributed by atoms with van der Waals surface area (Å²) in [6.45, 7) is 3.86. The van der Waals surface area contributed by atoms with Crippen molar-refractivity contribution in [2.45, 2.75) is 19.8 Å². The molecule has 62 valence electrons. The van der Waals surface area contributed by atoms with Crippen LogP contribution < -0.4 is 5.23 Å². The maximum atomic E-state index is 8.67. The Morgan fingerprint density at radius 2 is 2.18 bits per heavy atom. The molecule has 1 aromatic rings. The van der Waals surface area contributed by atoms with Crippen molar-refractivity contribution in [3.8, 4) is 0 Å². The number of H-pyrrole nitrogens is 1. The average molecular weight is 157 g/mol. The highest BCUT2D eigenvalue weighted by Crippen LogP contribution is 2.22. The van der Waals surface area contributed by atoms with Gasteiger partial charge in [0.05, 0.1) is 11.9 Å². The lowest BCUT2D eigenvalue weighted by atomic mass is 10.1. The second-order valence-corrected chi connectivity index (χ2v) is 2.61. The van der Waals surface area contributed by atoms with E-state index < -0.39 is 0 Å². The minimum Gasteiger partial charge on any atom is -0.280 e. The molecular weight excluding hydrogens is 146 g/mol. The summed E-state index contributed by atoms with van der Waals surface area (Å²) >= 11 is 0. The second-order valence-electron chi connectivity index (χ2n) is 2.61. The Bertz CT molecular complexity index is 209. The van der Waals surface area contributed by atoms with Crippen LogP contribution in [0.1, 0.15) is 25.5 Å². The third-order valence-electron chi connectivity index (χ3n) is 1.44. The minimum atomic E-state index is 0.0683. The van der Waals surface area contributed by atoms with Gasteiger partial charge < -0.3 is 0 Å². The number of aromatic nitrogens is 2. The minimum absolute atomic E-state index is 0.0683. The number of nitrogens with zero attached hydrogens (tertiary/aromatic N) is 2. The standard InChI is InChI=1S/C6H11N3O2/c1-4(2)6-5(9(10)11)3-7-8-6/h3-4,10-11H,1-2H3,(H,7,8). The van der Waals surface area contributed by atoms with Crippen LogP contribution >= 0.6 is 0 Å². The van der Waals surface area contributed by atoms with Gasteiger partial charge in [-0.1, -0.05) is 13.8 Å². The van der Waals surface area contributed by atoms with Gasteiger partial charge in [-0.2, -0.15) is 5.10 Å². The summed E-state index contributed by atoms with van der Waals surface area (Å²) < 4.78 is 0. The van der Waals surface area contributed by atoms with Crippen LogP contribution in [0.2, 0.25) is 0 Å². The zero-order chi connectivity index (χ0) is 8.43. The number of rotatable bonds is 2. The van der Waals surface area contributed by atoms with Gasteiger partial charge in [-0.15, -0.1) is 5.23 Å². The van der Waals surface area contributed by atoms with Gasteiger partial charge in [-0.3, -0.25) is 15.5 Å². The molecule has 1 aromatic heterocycles. The zero-order valence-electron chi connectivity index (χ0n) is 6.44. The van der Waals surface area contributed by atoms with Crippen molar-refractivity contribution in [3.05, 3.63) is 11.9 Å². The third kappa shape index (κ3) is 1.50. The molecule has 0 aliphatic heterocycles. The molecule has 0 spiro atoms. The van der Waals surface area contributed by atoms with E-state index in [2.05, 4.69) is 10.2 Å². The molecule has 0 saturated heterocycles. The molecule has 0 aliphatic carbocycles. The Labute approximate surface area is 64.2 Å². The molecule has 11 heavy (non-hydrogen) atoms. The molecular formula is C6H11N3O2.